The van der Waals surface area contributed by atoms with Gasteiger partial charge in [0.25, 0.3) is 0 Å². The Morgan fingerprint density at radius 1 is 0.774 bits per heavy atom. The van der Waals surface area contributed by atoms with E-state index >= 15 is 0 Å². The van der Waals surface area contributed by atoms with Gasteiger partial charge in [0.05, 0.1) is 24.7 Å². The standard InChI is InChI=1S/C46H54O7/c1-3-5-13-29-46(36-17-7-6-8-18-36,33-50-53-38-25-23-37(24-26-38)47-31-14-32-49-48-30-4-2)45-51-41-27-21-34-15-9-11-19-39(34)43(41)44-40-20-12-10-16-35(40)22-28-42(44)52-45/h4,6-9,11,15,17-19,22-26,28,41,43,45H,2-3,5,10,12-14,16,20-21,27,29-33H2,1H3/t41?,43-,45?,46-/m0/s1. The highest BCUT2D eigenvalue weighted by atomic mass is 17.2. The largest absolute Gasteiger partial charge is 0.494 e. The van der Waals surface area contributed by atoms with E-state index in [1.165, 1.54) is 40.7 Å². The molecule has 4 atom stereocenters. The van der Waals surface area contributed by atoms with Crippen LogP contribution < -0.4 is 14.4 Å². The number of rotatable bonds is 18. The monoisotopic (exact) mass is 718 g/mol. The minimum absolute atomic E-state index is 0.0291. The second-order valence-corrected chi connectivity index (χ2v) is 14.6. The first-order valence-corrected chi connectivity index (χ1v) is 19.7. The Balaban J connectivity index is 1.16. The smallest absolute Gasteiger partial charge is 0.212 e. The lowest BCUT2D eigenvalue weighted by atomic mass is 9.73. The van der Waals surface area contributed by atoms with Gasteiger partial charge in [-0.15, -0.1) is 6.58 Å². The first-order valence-electron chi connectivity index (χ1n) is 19.7. The van der Waals surface area contributed by atoms with Crippen LogP contribution in [0.3, 0.4) is 0 Å². The van der Waals surface area contributed by atoms with Crippen molar-refractivity contribution in [1.82, 2.24) is 0 Å². The van der Waals surface area contributed by atoms with Gasteiger partial charge in [0.2, 0.25) is 6.29 Å². The molecule has 53 heavy (non-hydrogen) atoms. The van der Waals surface area contributed by atoms with Gasteiger partial charge < -0.3 is 19.1 Å². The molecule has 0 amide bonds. The van der Waals surface area contributed by atoms with E-state index in [1.807, 2.05) is 24.3 Å². The van der Waals surface area contributed by atoms with E-state index in [2.05, 4.69) is 80.2 Å². The third-order valence-corrected chi connectivity index (χ3v) is 11.1. The van der Waals surface area contributed by atoms with Crippen LogP contribution in [-0.4, -0.2) is 38.8 Å². The van der Waals surface area contributed by atoms with E-state index < -0.39 is 11.7 Å². The molecule has 2 unspecified atom stereocenters. The molecule has 0 saturated heterocycles. The molecule has 4 aromatic carbocycles. The molecule has 0 bridgehead atoms. The fraction of sp³-hybridized carbons (Fsp3) is 0.435. The molecular weight excluding hydrogens is 664 g/mol. The minimum Gasteiger partial charge on any atom is -0.494 e. The summed E-state index contributed by atoms with van der Waals surface area (Å²) in [4.78, 5) is 22.4. The Morgan fingerprint density at radius 2 is 1.58 bits per heavy atom. The van der Waals surface area contributed by atoms with Crippen LogP contribution in [0.25, 0.3) is 0 Å². The predicted molar refractivity (Wildman–Crippen MR) is 206 cm³/mol. The first kappa shape index (κ1) is 37.2. The van der Waals surface area contributed by atoms with Crippen LogP contribution in [0.15, 0.2) is 104 Å². The average Bonchev–Trinajstić information content (AvgIpc) is 3.39. The molecule has 280 valence electrons. The minimum atomic E-state index is -0.643. The van der Waals surface area contributed by atoms with Gasteiger partial charge in [-0.1, -0.05) is 92.9 Å². The molecule has 0 aromatic heterocycles. The van der Waals surface area contributed by atoms with Gasteiger partial charge in [-0.05, 0) is 103 Å². The number of benzene rings is 4. The predicted octanol–water partition coefficient (Wildman–Crippen LogP) is 10.2. The number of hydrogen-bond acceptors (Lipinski definition) is 7. The van der Waals surface area contributed by atoms with Crippen molar-refractivity contribution >= 4 is 0 Å². The normalized spacial score (nSPS) is 20.0. The van der Waals surface area contributed by atoms with Crippen LogP contribution in [0.2, 0.25) is 0 Å². The van der Waals surface area contributed by atoms with Crippen molar-refractivity contribution in [3.8, 4) is 17.2 Å². The summed E-state index contributed by atoms with van der Waals surface area (Å²) in [5.74, 6) is 2.40. The van der Waals surface area contributed by atoms with Crippen LogP contribution in [0.4, 0.5) is 0 Å². The highest BCUT2D eigenvalue weighted by Gasteiger charge is 2.49. The van der Waals surface area contributed by atoms with Crippen LogP contribution in [0.5, 0.6) is 17.2 Å². The summed E-state index contributed by atoms with van der Waals surface area (Å²) in [5, 5.41) is 0. The van der Waals surface area contributed by atoms with E-state index in [0.29, 0.717) is 32.0 Å². The molecule has 4 aromatic rings. The SMILES string of the molecule is C=CCOOCCCOc1ccc(OOC[C@@](CCCCC)(c2ccccc2)C2Oc3ccc4c(c3[C@H]3c5ccccc5CCC3O2)CCCC4)cc1. The molecule has 0 N–H and O–H groups in total. The van der Waals surface area contributed by atoms with E-state index in [1.54, 1.807) is 6.08 Å². The van der Waals surface area contributed by atoms with Gasteiger partial charge in [0.15, 0.2) is 5.75 Å². The zero-order valence-corrected chi connectivity index (χ0v) is 31.1. The Morgan fingerprint density at radius 3 is 2.43 bits per heavy atom. The summed E-state index contributed by atoms with van der Waals surface area (Å²) in [6.07, 6.45) is 12.3. The van der Waals surface area contributed by atoms with Crippen molar-refractivity contribution in [3.63, 3.8) is 0 Å². The highest BCUT2D eigenvalue weighted by molar-refractivity contribution is 5.55. The number of aryl methyl sites for hydroxylation is 2. The summed E-state index contributed by atoms with van der Waals surface area (Å²) in [5.41, 5.74) is 7.56. The van der Waals surface area contributed by atoms with E-state index in [-0.39, 0.29) is 18.6 Å². The Labute approximate surface area is 315 Å². The zero-order chi connectivity index (χ0) is 36.3. The van der Waals surface area contributed by atoms with Gasteiger partial charge >= 0.3 is 0 Å². The lowest BCUT2D eigenvalue weighted by molar-refractivity contribution is -0.287. The fourth-order valence-corrected chi connectivity index (χ4v) is 8.38. The maximum atomic E-state index is 7.39. The van der Waals surface area contributed by atoms with Crippen LogP contribution in [-0.2, 0) is 44.1 Å². The molecule has 7 nitrogen and oxygen atoms in total. The quantitative estimate of drug-likeness (QED) is 0.0439. The summed E-state index contributed by atoms with van der Waals surface area (Å²) in [7, 11) is 0. The topological polar surface area (TPSA) is 64.6 Å². The second kappa shape index (κ2) is 18.3. The lowest BCUT2D eigenvalue weighted by Crippen LogP contribution is -2.50. The van der Waals surface area contributed by atoms with Gasteiger partial charge in [-0.3, -0.25) is 0 Å². The molecule has 2 aliphatic carbocycles. The lowest BCUT2D eigenvalue weighted by Gasteiger charge is -2.41. The number of hydrogen-bond donors (Lipinski definition) is 0. The molecule has 3 aliphatic rings. The Hall–Kier alpha value is -4.14. The van der Waals surface area contributed by atoms with Gasteiger partial charge in [0.1, 0.15) is 24.7 Å². The van der Waals surface area contributed by atoms with Crippen LogP contribution in [0, 0.1) is 0 Å². The van der Waals surface area contributed by atoms with E-state index in [4.69, 9.17) is 33.8 Å². The summed E-state index contributed by atoms with van der Waals surface area (Å²) in [6.45, 7) is 7.42. The summed E-state index contributed by atoms with van der Waals surface area (Å²) in [6, 6.07) is 31.6. The maximum Gasteiger partial charge on any atom is 0.212 e. The molecule has 1 heterocycles. The molecule has 0 fully saturated rings. The van der Waals surface area contributed by atoms with Crippen molar-refractivity contribution in [2.45, 2.75) is 101 Å². The second-order valence-electron chi connectivity index (χ2n) is 14.6. The van der Waals surface area contributed by atoms with Crippen molar-refractivity contribution in [3.05, 3.63) is 137 Å². The van der Waals surface area contributed by atoms with Crippen LogP contribution >= 0.6 is 0 Å². The van der Waals surface area contributed by atoms with Crippen molar-refractivity contribution < 1.29 is 33.8 Å². The molecule has 1 aliphatic heterocycles. The number of unbranched alkanes of at least 4 members (excludes halogenated alkanes) is 2. The fourth-order valence-electron chi connectivity index (χ4n) is 8.38. The van der Waals surface area contributed by atoms with Crippen molar-refractivity contribution in [2.24, 2.45) is 0 Å². The molecule has 7 heteroatoms. The van der Waals surface area contributed by atoms with Gasteiger partial charge in [-0.25, -0.2) is 9.78 Å². The van der Waals surface area contributed by atoms with Crippen molar-refractivity contribution in [1.29, 1.82) is 0 Å². The summed E-state index contributed by atoms with van der Waals surface area (Å²) >= 11 is 0. The Kier molecular flexibility index (Phi) is 12.8. The molecule has 0 saturated carbocycles. The van der Waals surface area contributed by atoms with Crippen LogP contribution in [0.1, 0.15) is 97.6 Å². The molecule has 7 rings (SSSR count). The van der Waals surface area contributed by atoms with E-state index in [0.717, 1.165) is 68.4 Å². The first-order chi connectivity index (χ1) is 26.2. The van der Waals surface area contributed by atoms with Gasteiger partial charge in [0, 0.05) is 17.9 Å². The van der Waals surface area contributed by atoms with Gasteiger partial charge in [-0.2, -0.15) is 4.89 Å². The van der Waals surface area contributed by atoms with E-state index in [9.17, 15) is 0 Å². The highest BCUT2D eigenvalue weighted by Crippen LogP contribution is 2.51. The zero-order valence-electron chi connectivity index (χ0n) is 31.1. The number of ether oxygens (including phenoxy) is 3. The Bertz CT molecular complexity index is 1760. The molecular formula is C46H54O7. The number of fused-ring (bicyclic) bond motifs is 7. The third kappa shape index (κ3) is 8.65. The molecule has 0 spiro atoms. The average molecular weight is 719 g/mol. The maximum absolute atomic E-state index is 7.39. The third-order valence-electron chi connectivity index (χ3n) is 11.1. The molecule has 0 radical (unpaired) electrons. The van der Waals surface area contributed by atoms with Crippen molar-refractivity contribution in [2.75, 3.05) is 26.4 Å². The summed E-state index contributed by atoms with van der Waals surface area (Å²) < 4.78 is 20.5.